The molecule has 0 aliphatic heterocycles. The van der Waals surface area contributed by atoms with Crippen molar-refractivity contribution >= 4 is 28.5 Å². The Labute approximate surface area is 101 Å². The van der Waals surface area contributed by atoms with Crippen LogP contribution in [0.15, 0.2) is 29.1 Å². The van der Waals surface area contributed by atoms with E-state index in [-0.39, 0.29) is 0 Å². The molecule has 0 aromatic carbocycles. The van der Waals surface area contributed by atoms with E-state index in [2.05, 4.69) is 37.9 Å². The van der Waals surface area contributed by atoms with Crippen molar-refractivity contribution in [2.45, 2.75) is 13.5 Å². The Morgan fingerprint density at radius 2 is 2.13 bits per heavy atom. The van der Waals surface area contributed by atoms with Crippen molar-refractivity contribution < 1.29 is 4.42 Å². The molecule has 2 rings (SSSR count). The lowest BCUT2D eigenvalue weighted by atomic mass is 10.3. The van der Waals surface area contributed by atoms with Gasteiger partial charge in [-0.05, 0) is 41.1 Å². The molecule has 2 aromatic rings. The molecule has 0 radical (unpaired) electrons. The van der Waals surface area contributed by atoms with Crippen molar-refractivity contribution in [3.63, 3.8) is 0 Å². The van der Waals surface area contributed by atoms with Gasteiger partial charge in [-0.1, -0.05) is 0 Å². The third-order valence-corrected chi connectivity index (χ3v) is 2.55. The molecule has 0 aliphatic carbocycles. The van der Waals surface area contributed by atoms with Crippen LogP contribution >= 0.6 is 22.6 Å². The molecule has 0 saturated heterocycles. The van der Waals surface area contributed by atoms with Crippen LogP contribution in [0, 0.1) is 10.5 Å². The summed E-state index contributed by atoms with van der Waals surface area (Å²) in [5.74, 6) is 1.53. The molecular formula is C10H10IN3O. The summed E-state index contributed by atoms with van der Waals surface area (Å²) in [5.41, 5.74) is 1.13. The van der Waals surface area contributed by atoms with Gasteiger partial charge in [0.1, 0.15) is 5.76 Å². The number of hydrogen-bond donors (Lipinski definition) is 1. The second-order valence-electron chi connectivity index (χ2n) is 3.11. The van der Waals surface area contributed by atoms with Gasteiger partial charge in [0, 0.05) is 16.0 Å². The van der Waals surface area contributed by atoms with Crippen LogP contribution in [0.4, 0.5) is 5.95 Å². The van der Waals surface area contributed by atoms with Crippen LogP contribution in [0.25, 0.3) is 0 Å². The number of aryl methyl sites for hydroxylation is 1. The quantitative estimate of drug-likeness (QED) is 0.885. The van der Waals surface area contributed by atoms with Crippen LogP contribution in [0.2, 0.25) is 0 Å². The molecule has 0 fully saturated rings. The molecule has 0 atom stereocenters. The molecule has 0 unspecified atom stereocenters. The van der Waals surface area contributed by atoms with E-state index in [0.717, 1.165) is 14.9 Å². The summed E-state index contributed by atoms with van der Waals surface area (Å²) in [6.07, 6.45) is 5.22. The second kappa shape index (κ2) is 4.61. The first-order chi connectivity index (χ1) is 7.25. The van der Waals surface area contributed by atoms with Crippen LogP contribution in [-0.2, 0) is 6.54 Å². The molecule has 5 heteroatoms. The highest BCUT2D eigenvalue weighted by atomic mass is 127. The Kier molecular flexibility index (Phi) is 3.20. The van der Waals surface area contributed by atoms with Gasteiger partial charge in [-0.25, -0.2) is 9.97 Å². The lowest BCUT2D eigenvalue weighted by Gasteiger charge is -2.02. The fraction of sp³-hybridized carbons (Fsp3) is 0.200. The van der Waals surface area contributed by atoms with Crippen LogP contribution in [-0.4, -0.2) is 9.97 Å². The molecule has 4 nitrogen and oxygen atoms in total. The Bertz CT molecular complexity index is 438. The number of hydrogen-bond acceptors (Lipinski definition) is 4. The molecule has 1 N–H and O–H groups in total. The van der Waals surface area contributed by atoms with Gasteiger partial charge in [-0.2, -0.15) is 0 Å². The van der Waals surface area contributed by atoms with Gasteiger partial charge >= 0.3 is 0 Å². The number of nitrogens with one attached hydrogen (secondary N) is 1. The van der Waals surface area contributed by atoms with Crippen LogP contribution in [0.5, 0.6) is 0 Å². The van der Waals surface area contributed by atoms with E-state index in [4.69, 9.17) is 4.42 Å². The molecule has 0 aliphatic rings. The van der Waals surface area contributed by atoms with Crippen molar-refractivity contribution in [3.8, 4) is 0 Å². The number of anilines is 1. The smallest absolute Gasteiger partial charge is 0.223 e. The van der Waals surface area contributed by atoms with Gasteiger partial charge in [-0.15, -0.1) is 0 Å². The third-order valence-electron chi connectivity index (χ3n) is 2.00. The highest BCUT2D eigenvalue weighted by Crippen LogP contribution is 2.10. The molecule has 78 valence electrons. The lowest BCUT2D eigenvalue weighted by Crippen LogP contribution is -2.03. The summed E-state index contributed by atoms with van der Waals surface area (Å²) in [7, 11) is 0. The van der Waals surface area contributed by atoms with Gasteiger partial charge in [-0.3, -0.25) is 0 Å². The second-order valence-corrected chi connectivity index (χ2v) is 4.35. The number of aromatic nitrogens is 2. The van der Waals surface area contributed by atoms with E-state index in [1.165, 1.54) is 0 Å². The van der Waals surface area contributed by atoms with Crippen molar-refractivity contribution in [2.24, 2.45) is 0 Å². The zero-order chi connectivity index (χ0) is 10.7. The monoisotopic (exact) mass is 315 g/mol. The fourth-order valence-corrected chi connectivity index (χ4v) is 1.43. The number of halogens is 1. The average Bonchev–Trinajstić information content (AvgIpc) is 2.63. The van der Waals surface area contributed by atoms with E-state index < -0.39 is 0 Å². The minimum atomic E-state index is 0.611. The molecule has 0 spiro atoms. The van der Waals surface area contributed by atoms with Crippen molar-refractivity contribution in [1.82, 2.24) is 9.97 Å². The Balaban J connectivity index is 1.99. The first kappa shape index (κ1) is 10.4. The van der Waals surface area contributed by atoms with Crippen LogP contribution < -0.4 is 5.32 Å². The van der Waals surface area contributed by atoms with E-state index in [1.54, 1.807) is 18.7 Å². The fourth-order valence-electron chi connectivity index (χ4n) is 1.15. The summed E-state index contributed by atoms with van der Waals surface area (Å²) >= 11 is 2.17. The topological polar surface area (TPSA) is 51.0 Å². The largest absolute Gasteiger partial charge is 0.467 e. The standard InChI is InChI=1S/C10H10IN3O/c1-7-2-3-15-9(7)6-14-10-12-4-8(11)5-13-10/h2-5H,6H2,1H3,(H,12,13,14). The maximum absolute atomic E-state index is 5.29. The Morgan fingerprint density at radius 1 is 1.40 bits per heavy atom. The number of nitrogens with zero attached hydrogens (tertiary/aromatic N) is 2. The summed E-state index contributed by atoms with van der Waals surface area (Å²) in [4.78, 5) is 8.27. The number of rotatable bonds is 3. The first-order valence-corrected chi connectivity index (χ1v) is 5.58. The molecule has 2 heterocycles. The molecule has 2 aromatic heterocycles. The summed E-state index contributed by atoms with van der Waals surface area (Å²) in [5, 5.41) is 3.10. The Hall–Kier alpha value is -1.11. The zero-order valence-corrected chi connectivity index (χ0v) is 10.4. The maximum Gasteiger partial charge on any atom is 0.223 e. The van der Waals surface area contributed by atoms with E-state index >= 15 is 0 Å². The predicted octanol–water partition coefficient (Wildman–Crippen LogP) is 2.59. The minimum Gasteiger partial charge on any atom is -0.467 e. The number of furan rings is 1. The molecule has 0 bridgehead atoms. The lowest BCUT2D eigenvalue weighted by molar-refractivity contribution is 0.515. The molecule has 0 amide bonds. The van der Waals surface area contributed by atoms with E-state index in [9.17, 15) is 0 Å². The van der Waals surface area contributed by atoms with Gasteiger partial charge in [0.2, 0.25) is 5.95 Å². The summed E-state index contributed by atoms with van der Waals surface area (Å²) in [6, 6.07) is 1.94. The van der Waals surface area contributed by atoms with Crippen molar-refractivity contribution in [2.75, 3.05) is 5.32 Å². The van der Waals surface area contributed by atoms with Crippen LogP contribution in [0.1, 0.15) is 11.3 Å². The van der Waals surface area contributed by atoms with Crippen molar-refractivity contribution in [3.05, 3.63) is 39.6 Å². The summed E-state index contributed by atoms with van der Waals surface area (Å²) in [6.45, 7) is 2.62. The SMILES string of the molecule is Cc1ccoc1CNc1ncc(I)cn1. The Morgan fingerprint density at radius 3 is 2.73 bits per heavy atom. The highest BCUT2D eigenvalue weighted by molar-refractivity contribution is 14.1. The normalized spacial score (nSPS) is 10.3. The average molecular weight is 315 g/mol. The van der Waals surface area contributed by atoms with E-state index in [0.29, 0.717) is 12.5 Å². The zero-order valence-electron chi connectivity index (χ0n) is 8.20. The van der Waals surface area contributed by atoms with E-state index in [1.807, 2.05) is 13.0 Å². The molecular weight excluding hydrogens is 305 g/mol. The van der Waals surface area contributed by atoms with Crippen molar-refractivity contribution in [1.29, 1.82) is 0 Å². The predicted molar refractivity (Wildman–Crippen MR) is 65.5 cm³/mol. The maximum atomic E-state index is 5.29. The van der Waals surface area contributed by atoms with Gasteiger partial charge < -0.3 is 9.73 Å². The summed E-state index contributed by atoms with van der Waals surface area (Å²) < 4.78 is 6.31. The first-order valence-electron chi connectivity index (χ1n) is 4.50. The highest BCUT2D eigenvalue weighted by Gasteiger charge is 2.02. The third kappa shape index (κ3) is 2.68. The van der Waals surface area contributed by atoms with Gasteiger partial charge in [0.15, 0.2) is 0 Å². The molecule has 0 saturated carbocycles. The van der Waals surface area contributed by atoms with Gasteiger partial charge in [0.25, 0.3) is 0 Å². The molecule has 15 heavy (non-hydrogen) atoms. The van der Waals surface area contributed by atoms with Crippen LogP contribution in [0.3, 0.4) is 0 Å². The minimum absolute atomic E-state index is 0.611. The van der Waals surface area contributed by atoms with Gasteiger partial charge in [0.05, 0.1) is 12.8 Å².